The van der Waals surface area contributed by atoms with Crippen LogP contribution in [0.25, 0.3) is 11.1 Å². The van der Waals surface area contributed by atoms with Gasteiger partial charge in [-0.05, 0) is 65.3 Å². The smallest absolute Gasteiger partial charge is 0.123 e. The molecule has 0 amide bonds. The first-order chi connectivity index (χ1) is 14.8. The number of thioether (sulfide) groups is 1. The number of hydrogen-bond donors (Lipinski definition) is 2. The summed E-state index contributed by atoms with van der Waals surface area (Å²) in [7, 11) is 0. The van der Waals surface area contributed by atoms with Crippen molar-refractivity contribution in [2.45, 2.75) is 56.6 Å². The summed E-state index contributed by atoms with van der Waals surface area (Å²) in [4.78, 5) is 6.03. The molecule has 1 heterocycles. The van der Waals surface area contributed by atoms with Crippen molar-refractivity contribution in [3.8, 4) is 16.9 Å². The summed E-state index contributed by atoms with van der Waals surface area (Å²) in [6.45, 7) is 8.47. The largest absolute Gasteiger partial charge is 0.507 e. The minimum absolute atomic E-state index is 0.00751. The van der Waals surface area contributed by atoms with Crippen LogP contribution in [0.5, 0.6) is 5.75 Å². The zero-order valence-electron chi connectivity index (χ0n) is 18.5. The van der Waals surface area contributed by atoms with E-state index in [1.54, 1.807) is 30.0 Å². The van der Waals surface area contributed by atoms with E-state index in [-0.39, 0.29) is 30.0 Å². The molecule has 0 spiro atoms. The number of rotatable bonds is 8. The second kappa shape index (κ2) is 10.3. The van der Waals surface area contributed by atoms with Gasteiger partial charge in [-0.2, -0.15) is 0 Å². The molecule has 2 aromatic carbocycles. The Morgan fingerprint density at radius 3 is 2.10 bits per heavy atom. The van der Waals surface area contributed by atoms with Crippen LogP contribution in [0.2, 0.25) is 0 Å². The van der Waals surface area contributed by atoms with Crippen LogP contribution in [0.3, 0.4) is 0 Å². The number of aliphatic hydroxyl groups excluding tert-OH is 1. The molecule has 31 heavy (non-hydrogen) atoms. The van der Waals surface area contributed by atoms with Gasteiger partial charge in [0.05, 0.1) is 0 Å². The SMILES string of the molecule is CC(C)c1nc(C(C)C)c(CSc2ccc(F)cc2)c(-c2ccccc2O)c1CCO. The zero-order chi connectivity index (χ0) is 22.5. The summed E-state index contributed by atoms with van der Waals surface area (Å²) < 4.78 is 13.3. The lowest BCUT2D eigenvalue weighted by Crippen LogP contribution is -2.13. The Bertz CT molecular complexity index is 1030. The van der Waals surface area contributed by atoms with Crippen LogP contribution in [0.15, 0.2) is 53.4 Å². The van der Waals surface area contributed by atoms with E-state index >= 15 is 0 Å². The van der Waals surface area contributed by atoms with Gasteiger partial charge in [-0.3, -0.25) is 4.98 Å². The van der Waals surface area contributed by atoms with Gasteiger partial charge >= 0.3 is 0 Å². The lowest BCUT2D eigenvalue weighted by molar-refractivity contribution is 0.299. The fourth-order valence-electron chi connectivity index (χ4n) is 3.87. The highest BCUT2D eigenvalue weighted by molar-refractivity contribution is 7.98. The predicted octanol–water partition coefficient (Wildman–Crippen LogP) is 6.67. The third-order valence-corrected chi connectivity index (χ3v) is 6.33. The standard InChI is InChI=1S/C26H30FNO2S/c1-16(2)25-21(13-14-29)24(20-7-5-6-8-23(20)30)22(26(28-25)17(3)4)15-31-19-11-9-18(27)10-12-19/h5-12,16-17,29-30H,13-15H2,1-4H3. The number of para-hydroxylation sites is 1. The molecule has 2 N–H and O–H groups in total. The molecule has 0 aliphatic heterocycles. The molecule has 0 aliphatic carbocycles. The number of phenolic OH excluding ortho intramolecular Hbond substituents is 1. The van der Waals surface area contributed by atoms with Gasteiger partial charge in [0.2, 0.25) is 0 Å². The maximum atomic E-state index is 13.3. The Balaban J connectivity index is 2.25. The van der Waals surface area contributed by atoms with E-state index in [1.807, 2.05) is 18.2 Å². The molecule has 1 aromatic heterocycles. The first-order valence-corrected chi connectivity index (χ1v) is 11.6. The Kier molecular flexibility index (Phi) is 7.74. The first kappa shape index (κ1) is 23.3. The second-order valence-corrected chi connectivity index (χ2v) is 9.31. The van der Waals surface area contributed by atoms with Crippen molar-refractivity contribution in [1.82, 2.24) is 4.98 Å². The van der Waals surface area contributed by atoms with Crippen LogP contribution in [-0.2, 0) is 12.2 Å². The summed E-state index contributed by atoms with van der Waals surface area (Å²) in [5.41, 5.74) is 5.72. The molecular weight excluding hydrogens is 409 g/mol. The third-order valence-electron chi connectivity index (χ3n) is 5.29. The van der Waals surface area contributed by atoms with Gasteiger partial charge in [0.15, 0.2) is 0 Å². The van der Waals surface area contributed by atoms with Crippen LogP contribution in [0.1, 0.15) is 62.0 Å². The number of pyridine rings is 1. The quantitative estimate of drug-likeness (QED) is 0.385. The van der Waals surface area contributed by atoms with Gasteiger partial charge in [0.25, 0.3) is 0 Å². The second-order valence-electron chi connectivity index (χ2n) is 8.26. The van der Waals surface area contributed by atoms with E-state index in [0.717, 1.165) is 38.5 Å². The molecule has 3 aromatic rings. The van der Waals surface area contributed by atoms with E-state index in [0.29, 0.717) is 12.2 Å². The molecule has 0 atom stereocenters. The molecule has 0 radical (unpaired) electrons. The molecule has 0 aliphatic rings. The predicted molar refractivity (Wildman–Crippen MR) is 126 cm³/mol. The Morgan fingerprint density at radius 1 is 0.903 bits per heavy atom. The number of aromatic nitrogens is 1. The van der Waals surface area contributed by atoms with Gasteiger partial charge in [-0.25, -0.2) is 4.39 Å². The lowest BCUT2D eigenvalue weighted by atomic mass is 9.86. The third kappa shape index (κ3) is 5.28. The summed E-state index contributed by atoms with van der Waals surface area (Å²) in [5, 5.41) is 20.6. The maximum absolute atomic E-state index is 13.3. The van der Waals surface area contributed by atoms with Gasteiger partial charge in [0.1, 0.15) is 11.6 Å². The summed E-state index contributed by atoms with van der Waals surface area (Å²) in [6, 6.07) is 13.8. The number of aromatic hydroxyl groups is 1. The van der Waals surface area contributed by atoms with Crippen molar-refractivity contribution < 1.29 is 14.6 Å². The monoisotopic (exact) mass is 439 g/mol. The fraction of sp³-hybridized carbons (Fsp3) is 0.346. The zero-order valence-corrected chi connectivity index (χ0v) is 19.3. The molecule has 0 saturated heterocycles. The molecule has 3 nitrogen and oxygen atoms in total. The molecular formula is C26H30FNO2S. The number of benzene rings is 2. The van der Waals surface area contributed by atoms with Crippen molar-refractivity contribution in [1.29, 1.82) is 0 Å². The fourth-order valence-corrected chi connectivity index (χ4v) is 4.80. The minimum Gasteiger partial charge on any atom is -0.507 e. The molecule has 164 valence electrons. The van der Waals surface area contributed by atoms with Crippen LogP contribution in [0.4, 0.5) is 4.39 Å². The summed E-state index contributed by atoms with van der Waals surface area (Å²) in [5.74, 6) is 0.962. The van der Waals surface area contributed by atoms with Gasteiger partial charge < -0.3 is 10.2 Å². The van der Waals surface area contributed by atoms with Crippen molar-refractivity contribution in [3.63, 3.8) is 0 Å². The van der Waals surface area contributed by atoms with E-state index in [1.165, 1.54) is 12.1 Å². The van der Waals surface area contributed by atoms with Gasteiger partial charge in [-0.15, -0.1) is 11.8 Å². The summed E-state index contributed by atoms with van der Waals surface area (Å²) in [6.07, 6.45) is 0.469. The topological polar surface area (TPSA) is 53.4 Å². The van der Waals surface area contributed by atoms with Crippen molar-refractivity contribution in [3.05, 3.63) is 76.9 Å². The normalized spacial score (nSPS) is 11.5. The summed E-state index contributed by atoms with van der Waals surface area (Å²) >= 11 is 1.62. The van der Waals surface area contributed by atoms with Crippen LogP contribution in [0, 0.1) is 5.82 Å². The number of halogens is 1. The van der Waals surface area contributed by atoms with Crippen molar-refractivity contribution >= 4 is 11.8 Å². The van der Waals surface area contributed by atoms with Crippen molar-refractivity contribution in [2.75, 3.05) is 6.61 Å². The highest BCUT2D eigenvalue weighted by Crippen LogP contribution is 2.42. The number of hydrogen-bond acceptors (Lipinski definition) is 4. The van der Waals surface area contributed by atoms with Crippen LogP contribution < -0.4 is 0 Å². The lowest BCUT2D eigenvalue weighted by Gasteiger charge is -2.25. The average molecular weight is 440 g/mol. The average Bonchev–Trinajstić information content (AvgIpc) is 2.73. The molecule has 0 saturated carbocycles. The van der Waals surface area contributed by atoms with Crippen LogP contribution in [-0.4, -0.2) is 21.8 Å². The number of phenols is 1. The molecule has 0 bridgehead atoms. The number of aliphatic hydroxyl groups is 1. The van der Waals surface area contributed by atoms with Crippen LogP contribution >= 0.6 is 11.8 Å². The highest BCUT2D eigenvalue weighted by Gasteiger charge is 2.24. The highest BCUT2D eigenvalue weighted by atomic mass is 32.2. The molecule has 3 rings (SSSR count). The molecule has 5 heteroatoms. The molecule has 0 fully saturated rings. The Labute approximate surface area is 188 Å². The number of nitrogens with zero attached hydrogens (tertiary/aromatic N) is 1. The van der Waals surface area contributed by atoms with E-state index in [4.69, 9.17) is 4.98 Å². The Hall–Kier alpha value is -2.37. The maximum Gasteiger partial charge on any atom is 0.123 e. The van der Waals surface area contributed by atoms with E-state index in [2.05, 4.69) is 27.7 Å². The minimum atomic E-state index is -0.254. The van der Waals surface area contributed by atoms with Gasteiger partial charge in [-0.1, -0.05) is 45.9 Å². The first-order valence-electron chi connectivity index (χ1n) is 10.7. The Morgan fingerprint density at radius 2 is 1.52 bits per heavy atom. The van der Waals surface area contributed by atoms with Gasteiger partial charge in [0, 0.05) is 34.2 Å². The molecule has 0 unspecified atom stereocenters. The van der Waals surface area contributed by atoms with E-state index < -0.39 is 0 Å². The van der Waals surface area contributed by atoms with E-state index in [9.17, 15) is 14.6 Å². The van der Waals surface area contributed by atoms with Crippen molar-refractivity contribution in [2.24, 2.45) is 0 Å².